The quantitative estimate of drug-likeness (QED) is 0.755. The molecule has 0 aliphatic heterocycles. The zero-order chi connectivity index (χ0) is 13.1. The van der Waals surface area contributed by atoms with E-state index >= 15 is 0 Å². The molecule has 3 rings (SSSR count). The van der Waals surface area contributed by atoms with E-state index in [9.17, 15) is 0 Å². The first-order chi connectivity index (χ1) is 9.31. The Labute approximate surface area is 123 Å². The lowest BCUT2D eigenvalue weighted by molar-refractivity contribution is 1.28. The summed E-state index contributed by atoms with van der Waals surface area (Å²) in [6.07, 6.45) is 1.77. The zero-order valence-corrected chi connectivity index (χ0v) is 12.3. The van der Waals surface area contributed by atoms with Gasteiger partial charge >= 0.3 is 0 Å². The third kappa shape index (κ3) is 3.00. The summed E-state index contributed by atoms with van der Waals surface area (Å²) < 4.78 is 1.04. The summed E-state index contributed by atoms with van der Waals surface area (Å²) in [5.74, 6) is 0. The van der Waals surface area contributed by atoms with Crippen molar-refractivity contribution in [2.75, 3.05) is 5.32 Å². The average molecular weight is 332 g/mol. The van der Waals surface area contributed by atoms with Gasteiger partial charge in [0.1, 0.15) is 5.69 Å². The van der Waals surface area contributed by atoms with Crippen LogP contribution in [0.25, 0.3) is 11.4 Å². The van der Waals surface area contributed by atoms with Gasteiger partial charge in [0.2, 0.25) is 0 Å². The van der Waals surface area contributed by atoms with Crippen molar-refractivity contribution in [3.05, 3.63) is 58.5 Å². The molecule has 0 radical (unpaired) electrons. The first-order valence-electron chi connectivity index (χ1n) is 5.71. The Bertz CT molecular complexity index is 682. The van der Waals surface area contributed by atoms with Crippen LogP contribution in [-0.4, -0.2) is 9.97 Å². The van der Waals surface area contributed by atoms with Crippen LogP contribution in [0.4, 0.5) is 10.8 Å². The molecule has 1 aromatic carbocycles. The molecule has 19 heavy (non-hydrogen) atoms. The average Bonchev–Trinajstić information content (AvgIpc) is 2.88. The van der Waals surface area contributed by atoms with Gasteiger partial charge in [-0.05, 0) is 30.3 Å². The Balaban J connectivity index is 1.82. The smallest absolute Gasteiger partial charge is 0.187 e. The molecule has 5 heteroatoms. The monoisotopic (exact) mass is 331 g/mol. The molecule has 3 nitrogen and oxygen atoms in total. The molecule has 0 atom stereocenters. The van der Waals surface area contributed by atoms with Crippen LogP contribution in [0.5, 0.6) is 0 Å². The number of thiazole rings is 1. The van der Waals surface area contributed by atoms with Crippen molar-refractivity contribution in [3.63, 3.8) is 0 Å². The summed E-state index contributed by atoms with van der Waals surface area (Å²) in [6.45, 7) is 0. The molecule has 0 aliphatic carbocycles. The Hall–Kier alpha value is -1.72. The molecular weight excluding hydrogens is 322 g/mol. The SMILES string of the molecule is Brc1cccc(Nc2nc(-c3ccccn3)cs2)c1. The molecule has 0 unspecified atom stereocenters. The van der Waals surface area contributed by atoms with E-state index in [-0.39, 0.29) is 0 Å². The van der Waals surface area contributed by atoms with E-state index in [0.717, 1.165) is 26.7 Å². The van der Waals surface area contributed by atoms with Gasteiger partial charge in [0.15, 0.2) is 5.13 Å². The van der Waals surface area contributed by atoms with Crippen LogP contribution in [0.2, 0.25) is 0 Å². The van der Waals surface area contributed by atoms with Crippen molar-refractivity contribution in [2.24, 2.45) is 0 Å². The lowest BCUT2D eigenvalue weighted by atomic mass is 10.3. The molecule has 0 saturated heterocycles. The second kappa shape index (κ2) is 5.50. The van der Waals surface area contributed by atoms with E-state index in [0.29, 0.717) is 0 Å². The van der Waals surface area contributed by atoms with Crippen LogP contribution in [0.15, 0.2) is 58.5 Å². The van der Waals surface area contributed by atoms with E-state index < -0.39 is 0 Å². The molecule has 94 valence electrons. The summed E-state index contributed by atoms with van der Waals surface area (Å²) in [7, 11) is 0. The van der Waals surface area contributed by atoms with Crippen molar-refractivity contribution in [3.8, 4) is 11.4 Å². The summed E-state index contributed by atoms with van der Waals surface area (Å²) in [5.41, 5.74) is 2.79. The number of halogens is 1. The fraction of sp³-hybridized carbons (Fsp3) is 0. The third-order valence-electron chi connectivity index (χ3n) is 2.51. The molecule has 0 bridgehead atoms. The van der Waals surface area contributed by atoms with Crippen LogP contribution in [0.1, 0.15) is 0 Å². The minimum Gasteiger partial charge on any atom is -0.332 e. The Morgan fingerprint density at radius 3 is 2.79 bits per heavy atom. The number of hydrogen-bond acceptors (Lipinski definition) is 4. The first kappa shape index (κ1) is 12.3. The van der Waals surface area contributed by atoms with Crippen LogP contribution >= 0.6 is 27.3 Å². The molecule has 2 aromatic heterocycles. The van der Waals surface area contributed by atoms with Crippen molar-refractivity contribution in [1.82, 2.24) is 9.97 Å². The Morgan fingerprint density at radius 1 is 1.05 bits per heavy atom. The number of rotatable bonds is 3. The standard InChI is InChI=1S/C14H10BrN3S/c15-10-4-3-5-11(8-10)17-14-18-13(9-19-14)12-6-1-2-7-16-12/h1-9H,(H,17,18). The number of hydrogen-bond donors (Lipinski definition) is 1. The van der Waals surface area contributed by atoms with E-state index in [4.69, 9.17) is 0 Å². The van der Waals surface area contributed by atoms with E-state index in [2.05, 4.69) is 31.2 Å². The molecule has 0 amide bonds. The number of anilines is 2. The van der Waals surface area contributed by atoms with Crippen molar-refractivity contribution in [1.29, 1.82) is 0 Å². The van der Waals surface area contributed by atoms with Gasteiger partial charge in [0.25, 0.3) is 0 Å². The van der Waals surface area contributed by atoms with Gasteiger partial charge in [-0.25, -0.2) is 4.98 Å². The highest BCUT2D eigenvalue weighted by Crippen LogP contribution is 2.26. The highest BCUT2D eigenvalue weighted by Gasteiger charge is 2.05. The molecule has 0 aliphatic rings. The first-order valence-corrected chi connectivity index (χ1v) is 7.38. The maximum absolute atomic E-state index is 4.54. The highest BCUT2D eigenvalue weighted by molar-refractivity contribution is 9.10. The summed E-state index contributed by atoms with van der Waals surface area (Å²) in [5, 5.41) is 6.15. The van der Waals surface area contributed by atoms with Gasteiger partial charge in [-0.15, -0.1) is 11.3 Å². The highest BCUT2D eigenvalue weighted by atomic mass is 79.9. The predicted molar refractivity (Wildman–Crippen MR) is 82.8 cm³/mol. The van der Waals surface area contributed by atoms with Gasteiger partial charge in [-0.2, -0.15) is 0 Å². The second-order valence-corrected chi connectivity index (χ2v) is 5.66. The third-order valence-corrected chi connectivity index (χ3v) is 3.76. The topological polar surface area (TPSA) is 37.8 Å². The molecular formula is C14H10BrN3S. The lowest BCUT2D eigenvalue weighted by Gasteiger charge is -2.02. The molecule has 1 N–H and O–H groups in total. The Kier molecular flexibility index (Phi) is 3.57. The number of pyridine rings is 1. The predicted octanol–water partition coefficient (Wildman–Crippen LogP) is 4.71. The van der Waals surface area contributed by atoms with Gasteiger partial charge in [-0.1, -0.05) is 28.1 Å². The minimum atomic E-state index is 0.860. The lowest BCUT2D eigenvalue weighted by Crippen LogP contribution is -1.89. The van der Waals surface area contributed by atoms with Crippen molar-refractivity contribution in [2.45, 2.75) is 0 Å². The van der Waals surface area contributed by atoms with Gasteiger partial charge in [0, 0.05) is 21.7 Å². The summed E-state index contributed by atoms with van der Waals surface area (Å²) >= 11 is 5.02. The summed E-state index contributed by atoms with van der Waals surface area (Å²) in [4.78, 5) is 8.83. The fourth-order valence-corrected chi connectivity index (χ4v) is 2.78. The van der Waals surface area contributed by atoms with Crippen LogP contribution in [-0.2, 0) is 0 Å². The number of nitrogens with zero attached hydrogens (tertiary/aromatic N) is 2. The Morgan fingerprint density at radius 2 is 2.00 bits per heavy atom. The normalized spacial score (nSPS) is 10.4. The number of benzene rings is 1. The fourth-order valence-electron chi connectivity index (χ4n) is 1.65. The second-order valence-electron chi connectivity index (χ2n) is 3.89. The van der Waals surface area contributed by atoms with Gasteiger partial charge in [-0.3, -0.25) is 4.98 Å². The van der Waals surface area contributed by atoms with Crippen LogP contribution in [0.3, 0.4) is 0 Å². The molecule has 0 fully saturated rings. The summed E-state index contributed by atoms with van der Waals surface area (Å²) in [6, 6.07) is 13.8. The maximum Gasteiger partial charge on any atom is 0.187 e. The van der Waals surface area contributed by atoms with E-state index in [1.54, 1.807) is 17.5 Å². The van der Waals surface area contributed by atoms with E-state index in [1.807, 2.05) is 47.8 Å². The molecule has 0 spiro atoms. The maximum atomic E-state index is 4.54. The molecule has 3 aromatic rings. The number of aromatic nitrogens is 2. The minimum absolute atomic E-state index is 0.860. The van der Waals surface area contributed by atoms with Gasteiger partial charge in [0.05, 0.1) is 5.69 Å². The zero-order valence-electron chi connectivity index (χ0n) is 9.88. The molecule has 2 heterocycles. The van der Waals surface area contributed by atoms with Crippen molar-refractivity contribution >= 4 is 38.1 Å². The number of nitrogens with one attached hydrogen (secondary N) is 1. The van der Waals surface area contributed by atoms with E-state index in [1.165, 1.54) is 0 Å². The largest absolute Gasteiger partial charge is 0.332 e. The van der Waals surface area contributed by atoms with Crippen LogP contribution in [0, 0.1) is 0 Å². The van der Waals surface area contributed by atoms with Crippen LogP contribution < -0.4 is 5.32 Å². The van der Waals surface area contributed by atoms with Crippen molar-refractivity contribution < 1.29 is 0 Å². The molecule has 0 saturated carbocycles. The van der Waals surface area contributed by atoms with Gasteiger partial charge < -0.3 is 5.32 Å².